The summed E-state index contributed by atoms with van der Waals surface area (Å²) in [5, 5.41) is 5.76. The fourth-order valence-corrected chi connectivity index (χ4v) is 2.07. The summed E-state index contributed by atoms with van der Waals surface area (Å²) in [4.78, 5) is 23.4. The van der Waals surface area contributed by atoms with Gasteiger partial charge in [0.15, 0.2) is 0 Å². The quantitative estimate of drug-likeness (QED) is 0.624. The second-order valence-corrected chi connectivity index (χ2v) is 5.44. The van der Waals surface area contributed by atoms with Gasteiger partial charge in [-0.15, -0.1) is 0 Å². The number of rotatable bonds is 8. The molecule has 0 aromatic heterocycles. The highest BCUT2D eigenvalue weighted by atomic mass is 16.2. The van der Waals surface area contributed by atoms with Crippen LogP contribution in [0.1, 0.15) is 41.6 Å². The molecule has 0 radical (unpaired) electrons. The number of nitrogens with two attached hydrogens (primary N) is 1. The predicted octanol–water partition coefficient (Wildman–Crippen LogP) is 0.976. The molecule has 1 aromatic carbocycles. The standard InChI is InChI=1S/C16H23N3O2/c17-10-9-12-3-5-13(6-4-12)16(21)18-11-1-2-15(20)19-14-7-8-14/h3-6,14H,1-2,7-11,17H2,(H,18,21)(H,19,20). The maximum absolute atomic E-state index is 11.9. The van der Waals surface area contributed by atoms with Crippen molar-refractivity contribution in [2.45, 2.75) is 38.1 Å². The molecule has 5 heteroatoms. The third-order valence-electron chi connectivity index (χ3n) is 3.46. The lowest BCUT2D eigenvalue weighted by atomic mass is 10.1. The van der Waals surface area contributed by atoms with Gasteiger partial charge in [0.2, 0.25) is 5.91 Å². The first-order valence-electron chi connectivity index (χ1n) is 7.55. The van der Waals surface area contributed by atoms with E-state index < -0.39 is 0 Å². The molecule has 114 valence electrons. The lowest BCUT2D eigenvalue weighted by Gasteiger charge is -2.06. The van der Waals surface area contributed by atoms with Crippen molar-refractivity contribution in [3.05, 3.63) is 35.4 Å². The molecule has 0 bridgehead atoms. The fourth-order valence-electron chi connectivity index (χ4n) is 2.07. The Bertz CT molecular complexity index is 481. The monoisotopic (exact) mass is 289 g/mol. The molecule has 0 aliphatic heterocycles. The van der Waals surface area contributed by atoms with Gasteiger partial charge >= 0.3 is 0 Å². The van der Waals surface area contributed by atoms with Gasteiger partial charge < -0.3 is 16.4 Å². The molecule has 5 nitrogen and oxygen atoms in total. The van der Waals surface area contributed by atoms with E-state index in [1.807, 2.05) is 12.1 Å². The van der Waals surface area contributed by atoms with Crippen molar-refractivity contribution in [2.75, 3.05) is 13.1 Å². The van der Waals surface area contributed by atoms with Gasteiger partial charge in [-0.05, 0) is 49.9 Å². The minimum atomic E-state index is -0.100. The Balaban J connectivity index is 1.65. The smallest absolute Gasteiger partial charge is 0.251 e. The zero-order valence-corrected chi connectivity index (χ0v) is 12.2. The van der Waals surface area contributed by atoms with Crippen LogP contribution in [0.4, 0.5) is 0 Å². The van der Waals surface area contributed by atoms with Crippen LogP contribution >= 0.6 is 0 Å². The first kappa shape index (κ1) is 15.5. The maximum Gasteiger partial charge on any atom is 0.251 e. The third kappa shape index (κ3) is 5.55. The molecule has 2 rings (SSSR count). The summed E-state index contributed by atoms with van der Waals surface area (Å²) in [6.07, 6.45) is 4.14. The number of carbonyl (C=O) groups is 2. The van der Waals surface area contributed by atoms with Crippen LogP contribution in [0.25, 0.3) is 0 Å². The average Bonchev–Trinajstić information content (AvgIpc) is 3.28. The zero-order valence-electron chi connectivity index (χ0n) is 12.2. The molecule has 1 aliphatic carbocycles. The second-order valence-electron chi connectivity index (χ2n) is 5.44. The summed E-state index contributed by atoms with van der Waals surface area (Å²) in [6.45, 7) is 1.12. The summed E-state index contributed by atoms with van der Waals surface area (Å²) in [5.74, 6) is -0.0187. The van der Waals surface area contributed by atoms with Gasteiger partial charge in [-0.1, -0.05) is 12.1 Å². The number of benzene rings is 1. The first-order valence-corrected chi connectivity index (χ1v) is 7.55. The largest absolute Gasteiger partial charge is 0.353 e. The van der Waals surface area contributed by atoms with Gasteiger partial charge in [0.25, 0.3) is 5.91 Å². The summed E-state index contributed by atoms with van der Waals surface area (Å²) < 4.78 is 0. The van der Waals surface area contributed by atoms with Gasteiger partial charge in [0, 0.05) is 24.6 Å². The van der Waals surface area contributed by atoms with E-state index in [4.69, 9.17) is 5.73 Å². The Kier molecular flexibility index (Phi) is 5.75. The van der Waals surface area contributed by atoms with Crippen LogP contribution in [0.2, 0.25) is 0 Å². The van der Waals surface area contributed by atoms with Crippen molar-refractivity contribution >= 4 is 11.8 Å². The van der Waals surface area contributed by atoms with Crippen molar-refractivity contribution in [2.24, 2.45) is 5.73 Å². The Morgan fingerprint density at radius 1 is 1.19 bits per heavy atom. The molecule has 1 aliphatic rings. The number of amides is 2. The van der Waals surface area contributed by atoms with Crippen LogP contribution < -0.4 is 16.4 Å². The minimum absolute atomic E-state index is 0.0814. The summed E-state index contributed by atoms with van der Waals surface area (Å²) in [6, 6.07) is 7.86. The minimum Gasteiger partial charge on any atom is -0.353 e. The highest BCUT2D eigenvalue weighted by Crippen LogP contribution is 2.18. The maximum atomic E-state index is 11.9. The number of nitrogens with one attached hydrogen (secondary N) is 2. The Morgan fingerprint density at radius 3 is 2.52 bits per heavy atom. The van der Waals surface area contributed by atoms with Crippen LogP contribution in [-0.2, 0) is 11.2 Å². The van der Waals surface area contributed by atoms with Crippen LogP contribution in [0, 0.1) is 0 Å². The van der Waals surface area contributed by atoms with E-state index in [2.05, 4.69) is 10.6 Å². The van der Waals surface area contributed by atoms with Crippen LogP contribution in [-0.4, -0.2) is 30.9 Å². The summed E-state index contributed by atoms with van der Waals surface area (Å²) in [5.41, 5.74) is 7.25. The van der Waals surface area contributed by atoms with Crippen molar-refractivity contribution < 1.29 is 9.59 Å². The van der Waals surface area contributed by atoms with E-state index in [0.29, 0.717) is 37.5 Å². The Morgan fingerprint density at radius 2 is 1.90 bits per heavy atom. The van der Waals surface area contributed by atoms with E-state index in [9.17, 15) is 9.59 Å². The Labute approximate surface area is 125 Å². The summed E-state index contributed by atoms with van der Waals surface area (Å²) >= 11 is 0. The molecular formula is C16H23N3O2. The molecular weight excluding hydrogens is 266 g/mol. The molecule has 21 heavy (non-hydrogen) atoms. The van der Waals surface area contributed by atoms with Crippen molar-refractivity contribution in [1.29, 1.82) is 0 Å². The molecule has 0 unspecified atom stereocenters. The normalized spacial score (nSPS) is 13.8. The topological polar surface area (TPSA) is 84.2 Å². The molecule has 1 saturated carbocycles. The molecule has 0 saturated heterocycles. The van der Waals surface area contributed by atoms with E-state index in [1.54, 1.807) is 12.1 Å². The van der Waals surface area contributed by atoms with E-state index in [1.165, 1.54) is 0 Å². The summed E-state index contributed by atoms with van der Waals surface area (Å²) in [7, 11) is 0. The Hall–Kier alpha value is -1.88. The fraction of sp³-hybridized carbons (Fsp3) is 0.500. The molecule has 4 N–H and O–H groups in total. The van der Waals surface area contributed by atoms with Gasteiger partial charge in [-0.2, -0.15) is 0 Å². The number of hydrogen-bond donors (Lipinski definition) is 3. The molecule has 2 amide bonds. The first-order chi connectivity index (χ1) is 10.2. The van der Waals surface area contributed by atoms with E-state index in [0.717, 1.165) is 24.8 Å². The highest BCUT2D eigenvalue weighted by Gasteiger charge is 2.22. The van der Waals surface area contributed by atoms with Crippen LogP contribution in [0.5, 0.6) is 0 Å². The van der Waals surface area contributed by atoms with E-state index in [-0.39, 0.29) is 11.8 Å². The van der Waals surface area contributed by atoms with Crippen LogP contribution in [0.15, 0.2) is 24.3 Å². The molecule has 0 spiro atoms. The average molecular weight is 289 g/mol. The van der Waals surface area contributed by atoms with Gasteiger partial charge in [0.05, 0.1) is 0 Å². The lowest BCUT2D eigenvalue weighted by Crippen LogP contribution is -2.28. The third-order valence-corrected chi connectivity index (χ3v) is 3.46. The SMILES string of the molecule is NCCc1ccc(C(=O)NCCCC(=O)NC2CC2)cc1. The van der Waals surface area contributed by atoms with Crippen molar-refractivity contribution in [3.63, 3.8) is 0 Å². The van der Waals surface area contributed by atoms with Crippen LogP contribution in [0.3, 0.4) is 0 Å². The van der Waals surface area contributed by atoms with Crippen molar-refractivity contribution in [1.82, 2.24) is 10.6 Å². The lowest BCUT2D eigenvalue weighted by molar-refractivity contribution is -0.121. The second kappa shape index (κ2) is 7.78. The van der Waals surface area contributed by atoms with Crippen molar-refractivity contribution in [3.8, 4) is 0 Å². The van der Waals surface area contributed by atoms with Gasteiger partial charge in [0.1, 0.15) is 0 Å². The van der Waals surface area contributed by atoms with Gasteiger partial charge in [-0.3, -0.25) is 9.59 Å². The van der Waals surface area contributed by atoms with E-state index >= 15 is 0 Å². The molecule has 0 atom stereocenters. The zero-order chi connectivity index (χ0) is 15.1. The molecule has 1 fully saturated rings. The number of hydrogen-bond acceptors (Lipinski definition) is 3. The number of carbonyl (C=O) groups excluding carboxylic acids is 2. The molecule has 1 aromatic rings. The highest BCUT2D eigenvalue weighted by molar-refractivity contribution is 5.94. The molecule has 0 heterocycles. The predicted molar refractivity (Wildman–Crippen MR) is 81.9 cm³/mol. The van der Waals surface area contributed by atoms with Gasteiger partial charge in [-0.25, -0.2) is 0 Å².